The Morgan fingerprint density at radius 1 is 1.41 bits per heavy atom. The zero-order chi connectivity index (χ0) is 12.3. The summed E-state index contributed by atoms with van der Waals surface area (Å²) in [7, 11) is 0. The molecular formula is C12H12NO4-. The fraction of sp³-hybridized carbons (Fsp3) is 0.333. The predicted octanol–water partition coefficient (Wildman–Crippen LogP) is 0.147. The molecule has 0 N–H and O–H groups in total. The number of benzene rings is 1. The number of carboxylic acid groups (broad SMARTS) is 1. The molecule has 1 amide bonds. The van der Waals surface area contributed by atoms with Crippen LogP contribution in [0.3, 0.4) is 0 Å². The molecule has 1 fully saturated rings. The first-order valence-electron chi connectivity index (χ1n) is 5.36. The summed E-state index contributed by atoms with van der Waals surface area (Å²) in [6.45, 7) is 0.408. The van der Waals surface area contributed by atoms with Crippen LogP contribution in [-0.4, -0.2) is 29.6 Å². The average Bonchev–Trinajstić information content (AvgIpc) is 2.73. The fourth-order valence-electron chi connectivity index (χ4n) is 1.85. The Balaban J connectivity index is 2.13. The highest BCUT2D eigenvalue weighted by molar-refractivity contribution is 5.81. The Labute approximate surface area is 98.6 Å². The van der Waals surface area contributed by atoms with Gasteiger partial charge in [-0.2, -0.15) is 0 Å². The molecule has 1 aliphatic rings. The van der Waals surface area contributed by atoms with E-state index in [1.807, 2.05) is 18.2 Å². The zero-order valence-electron chi connectivity index (χ0n) is 9.17. The lowest BCUT2D eigenvalue weighted by Gasteiger charge is -2.28. The molecule has 2 rings (SSSR count). The van der Waals surface area contributed by atoms with E-state index in [4.69, 9.17) is 4.74 Å². The van der Waals surface area contributed by atoms with Crippen molar-refractivity contribution in [3.05, 3.63) is 35.9 Å². The molecule has 1 aromatic rings. The predicted molar refractivity (Wildman–Crippen MR) is 56.7 cm³/mol. The largest absolute Gasteiger partial charge is 0.530 e. The van der Waals surface area contributed by atoms with Gasteiger partial charge in [0.2, 0.25) is 0 Å². The topological polar surface area (TPSA) is 69.7 Å². The van der Waals surface area contributed by atoms with Crippen molar-refractivity contribution in [3.8, 4) is 0 Å². The number of carbonyl (C=O) groups excluding carboxylic acids is 2. The summed E-state index contributed by atoms with van der Waals surface area (Å²) in [6, 6.07) is 8.34. The minimum absolute atomic E-state index is 0.142. The van der Waals surface area contributed by atoms with Gasteiger partial charge < -0.3 is 19.5 Å². The van der Waals surface area contributed by atoms with Gasteiger partial charge in [-0.25, -0.2) is 4.79 Å². The van der Waals surface area contributed by atoms with Gasteiger partial charge in [-0.3, -0.25) is 0 Å². The second-order valence-corrected chi connectivity index (χ2v) is 3.85. The summed E-state index contributed by atoms with van der Waals surface area (Å²) in [6.07, 6.45) is -0.961. The molecule has 90 valence electrons. The molecule has 1 aromatic carbocycles. The summed E-state index contributed by atoms with van der Waals surface area (Å²) in [4.78, 5) is 23.4. The van der Waals surface area contributed by atoms with Crippen LogP contribution in [0.25, 0.3) is 0 Å². The van der Waals surface area contributed by atoms with Crippen LogP contribution in [0.2, 0.25) is 0 Å². The Morgan fingerprint density at radius 3 is 2.65 bits per heavy atom. The molecule has 5 heteroatoms. The molecule has 0 spiro atoms. The average molecular weight is 234 g/mol. The highest BCUT2D eigenvalue weighted by Gasteiger charge is 2.32. The molecule has 0 unspecified atom stereocenters. The van der Waals surface area contributed by atoms with Gasteiger partial charge in [0.25, 0.3) is 0 Å². The summed E-state index contributed by atoms with van der Waals surface area (Å²) in [5.41, 5.74) is 0.816. The van der Waals surface area contributed by atoms with E-state index in [9.17, 15) is 14.7 Å². The van der Waals surface area contributed by atoms with Crippen molar-refractivity contribution < 1.29 is 19.4 Å². The quantitative estimate of drug-likeness (QED) is 0.698. The van der Waals surface area contributed by atoms with E-state index < -0.39 is 18.1 Å². The molecule has 0 saturated carbocycles. The minimum Gasteiger partial charge on any atom is -0.530 e. The molecule has 0 bridgehead atoms. The second-order valence-electron chi connectivity index (χ2n) is 3.85. The van der Waals surface area contributed by atoms with E-state index in [2.05, 4.69) is 0 Å². The summed E-state index contributed by atoms with van der Waals surface area (Å²) in [5.74, 6) is -0.495. The molecule has 1 saturated heterocycles. The maximum atomic E-state index is 11.4. The van der Waals surface area contributed by atoms with E-state index in [1.54, 1.807) is 12.1 Å². The second kappa shape index (κ2) is 4.86. The van der Waals surface area contributed by atoms with Crippen LogP contribution in [0, 0.1) is 0 Å². The van der Waals surface area contributed by atoms with E-state index >= 15 is 0 Å². The monoisotopic (exact) mass is 234 g/mol. The fourth-order valence-corrected chi connectivity index (χ4v) is 1.85. The Bertz CT molecular complexity index is 418. The number of rotatable bonds is 3. The lowest BCUT2D eigenvalue weighted by molar-refractivity contribution is -0.268. The van der Waals surface area contributed by atoms with E-state index in [1.165, 1.54) is 0 Å². The minimum atomic E-state index is -1.35. The van der Waals surface area contributed by atoms with Crippen LogP contribution in [0.4, 0.5) is 4.79 Å². The van der Waals surface area contributed by atoms with Crippen LogP contribution in [0.1, 0.15) is 12.0 Å². The maximum absolute atomic E-state index is 11.4. The van der Waals surface area contributed by atoms with Crippen molar-refractivity contribution in [2.45, 2.75) is 19.0 Å². The van der Waals surface area contributed by atoms with E-state index in [0.717, 1.165) is 10.5 Å². The molecular weight excluding hydrogens is 222 g/mol. The molecule has 0 radical (unpaired) electrons. The lowest BCUT2D eigenvalue weighted by atomic mass is 10.1. The zero-order valence-corrected chi connectivity index (χ0v) is 9.17. The number of carbonyl (C=O) groups is 2. The first-order chi connectivity index (χ1) is 8.18. The van der Waals surface area contributed by atoms with Crippen molar-refractivity contribution in [1.29, 1.82) is 0 Å². The van der Waals surface area contributed by atoms with Gasteiger partial charge >= 0.3 is 5.97 Å². The van der Waals surface area contributed by atoms with E-state index in [0.29, 0.717) is 6.42 Å². The van der Waals surface area contributed by atoms with Crippen LogP contribution in [0.15, 0.2) is 30.3 Å². The number of ether oxygens (including phenoxy) is 1. The third kappa shape index (κ3) is 2.55. The third-order valence-electron chi connectivity index (χ3n) is 2.71. The van der Waals surface area contributed by atoms with Crippen LogP contribution >= 0.6 is 0 Å². The van der Waals surface area contributed by atoms with Crippen molar-refractivity contribution in [2.24, 2.45) is 0 Å². The summed E-state index contributed by atoms with van der Waals surface area (Å²) < 4.78 is 4.76. The maximum Gasteiger partial charge on any atom is 0.328 e. The van der Waals surface area contributed by atoms with Gasteiger partial charge in [-0.15, -0.1) is 0 Å². The number of hydrogen-bond acceptors (Lipinski definition) is 4. The molecule has 0 aromatic heterocycles. The standard InChI is InChI=1S/C12H13NO4/c14-11-10(6-7-17-11)13(12(15)16)8-9-4-2-1-3-5-9/h1-5,10H,6-8H2,(H,15,16)/p-1/t10-/m0/s1. The summed E-state index contributed by atoms with van der Waals surface area (Å²) in [5, 5.41) is 11.0. The Kier molecular flexibility index (Phi) is 3.27. The smallest absolute Gasteiger partial charge is 0.328 e. The first-order valence-corrected chi connectivity index (χ1v) is 5.36. The normalized spacial score (nSPS) is 18.8. The van der Waals surface area contributed by atoms with Crippen molar-refractivity contribution in [3.63, 3.8) is 0 Å². The molecule has 1 heterocycles. The Hall–Kier alpha value is -2.04. The molecule has 1 aliphatic heterocycles. The van der Waals surface area contributed by atoms with Gasteiger partial charge in [0.15, 0.2) is 0 Å². The molecule has 1 atom stereocenters. The molecule has 5 nitrogen and oxygen atoms in total. The number of amides is 1. The highest BCUT2D eigenvalue weighted by Crippen LogP contribution is 2.16. The summed E-state index contributed by atoms with van der Waals surface area (Å²) >= 11 is 0. The van der Waals surface area contributed by atoms with Crippen LogP contribution in [0.5, 0.6) is 0 Å². The van der Waals surface area contributed by atoms with Gasteiger partial charge in [0, 0.05) is 13.0 Å². The van der Waals surface area contributed by atoms with Crippen LogP contribution in [-0.2, 0) is 16.1 Å². The number of nitrogens with zero attached hydrogens (tertiary/aromatic N) is 1. The number of hydrogen-bond donors (Lipinski definition) is 0. The van der Waals surface area contributed by atoms with Gasteiger partial charge in [-0.1, -0.05) is 30.3 Å². The lowest BCUT2D eigenvalue weighted by Crippen LogP contribution is -2.48. The molecule has 0 aliphatic carbocycles. The SMILES string of the molecule is O=C1OCC[C@@H]1N(Cc1ccccc1)C(=O)[O-]. The number of cyclic esters (lactones) is 1. The van der Waals surface area contributed by atoms with Gasteiger partial charge in [0.1, 0.15) is 12.1 Å². The van der Waals surface area contributed by atoms with Gasteiger partial charge in [-0.05, 0) is 5.56 Å². The van der Waals surface area contributed by atoms with Crippen molar-refractivity contribution >= 4 is 12.1 Å². The molecule has 17 heavy (non-hydrogen) atoms. The van der Waals surface area contributed by atoms with Gasteiger partial charge in [0.05, 0.1) is 6.61 Å². The van der Waals surface area contributed by atoms with Crippen LogP contribution < -0.4 is 5.11 Å². The number of esters is 1. The van der Waals surface area contributed by atoms with E-state index in [-0.39, 0.29) is 13.2 Å². The Morgan fingerprint density at radius 2 is 2.12 bits per heavy atom. The van der Waals surface area contributed by atoms with Crippen molar-refractivity contribution in [2.75, 3.05) is 6.61 Å². The van der Waals surface area contributed by atoms with Crippen molar-refractivity contribution in [1.82, 2.24) is 4.90 Å². The third-order valence-corrected chi connectivity index (χ3v) is 2.71. The first kappa shape index (κ1) is 11.4. The highest BCUT2D eigenvalue weighted by atomic mass is 16.5.